The van der Waals surface area contributed by atoms with E-state index in [1.165, 1.54) is 11.8 Å². The van der Waals surface area contributed by atoms with Gasteiger partial charge in [-0.15, -0.1) is 0 Å². The number of carbonyl (C=O) groups excluding carboxylic acids is 4. The average Bonchev–Trinajstić information content (AvgIpc) is 3.08. The fourth-order valence-corrected chi connectivity index (χ4v) is 4.11. The Hall–Kier alpha value is -3.99. The molecule has 0 saturated carbocycles. The monoisotopic (exact) mass is 512 g/mol. The minimum atomic E-state index is -0.866. The van der Waals surface area contributed by atoms with Crippen molar-refractivity contribution in [2.45, 2.75) is 26.3 Å². The maximum atomic E-state index is 13.4. The van der Waals surface area contributed by atoms with Gasteiger partial charge in [0.1, 0.15) is 11.8 Å². The van der Waals surface area contributed by atoms with Gasteiger partial charge in [-0.3, -0.25) is 19.3 Å². The van der Waals surface area contributed by atoms with Crippen LogP contribution in [-0.2, 0) is 19.1 Å². The molecule has 0 radical (unpaired) electrons. The Labute approximate surface area is 214 Å². The van der Waals surface area contributed by atoms with Gasteiger partial charge in [0.2, 0.25) is 11.8 Å². The molecular formula is C25H28N4O6S. The molecule has 11 heteroatoms. The van der Waals surface area contributed by atoms with Crippen LogP contribution in [0.15, 0.2) is 48.5 Å². The number of carbonyl (C=O) groups is 4. The van der Waals surface area contributed by atoms with Crippen molar-refractivity contribution in [2.75, 3.05) is 37.0 Å². The zero-order chi connectivity index (χ0) is 26.2. The number of amides is 3. The number of esters is 1. The van der Waals surface area contributed by atoms with Gasteiger partial charge in [-0.2, -0.15) is 0 Å². The van der Waals surface area contributed by atoms with Crippen molar-refractivity contribution in [2.24, 2.45) is 0 Å². The summed E-state index contributed by atoms with van der Waals surface area (Å²) in [6.07, 6.45) is -0.150. The highest BCUT2D eigenvalue weighted by atomic mass is 32.1. The Bertz CT molecular complexity index is 1140. The smallest absolute Gasteiger partial charge is 0.338 e. The molecule has 190 valence electrons. The highest BCUT2D eigenvalue weighted by Gasteiger charge is 2.44. The van der Waals surface area contributed by atoms with E-state index in [4.69, 9.17) is 21.7 Å². The molecule has 3 amide bonds. The third-order valence-electron chi connectivity index (χ3n) is 5.43. The molecule has 0 aliphatic carbocycles. The maximum absolute atomic E-state index is 13.4. The highest BCUT2D eigenvalue weighted by Crippen LogP contribution is 2.28. The quantitative estimate of drug-likeness (QED) is 0.368. The number of hydrogen-bond donors (Lipinski definition) is 2. The molecule has 36 heavy (non-hydrogen) atoms. The number of hydrogen-bond acceptors (Lipinski definition) is 7. The number of nitrogens with one attached hydrogen (secondary N) is 2. The van der Waals surface area contributed by atoms with Crippen molar-refractivity contribution >= 4 is 52.4 Å². The summed E-state index contributed by atoms with van der Waals surface area (Å²) in [5, 5.41) is 5.67. The van der Waals surface area contributed by atoms with E-state index >= 15 is 0 Å². The average molecular weight is 513 g/mol. The first-order chi connectivity index (χ1) is 17.2. The second-order valence-corrected chi connectivity index (χ2v) is 8.26. The number of methoxy groups -OCH3 is 1. The standard InChI is InChI=1S/C25H28N4O6S/c1-4-35-24(33)17-5-9-19(10-6-17)29-23(32)21(28(25(29)36)14-13-26-16(2)30)15-22(31)27-18-7-11-20(34-3)12-8-18/h5-12,21H,4,13-15H2,1-3H3,(H,26,30)(H,27,31)/t21-/m1/s1. The van der Waals surface area contributed by atoms with E-state index in [0.29, 0.717) is 22.7 Å². The summed E-state index contributed by atoms with van der Waals surface area (Å²) < 4.78 is 10.1. The molecule has 1 fully saturated rings. The Morgan fingerprint density at radius 3 is 2.31 bits per heavy atom. The predicted molar refractivity (Wildman–Crippen MR) is 138 cm³/mol. The topological polar surface area (TPSA) is 117 Å². The zero-order valence-corrected chi connectivity index (χ0v) is 21.1. The fraction of sp³-hybridized carbons (Fsp3) is 0.320. The van der Waals surface area contributed by atoms with Gasteiger partial charge in [-0.25, -0.2) is 4.79 Å². The molecule has 1 atom stereocenters. The van der Waals surface area contributed by atoms with E-state index in [1.807, 2.05) is 0 Å². The van der Waals surface area contributed by atoms with Crippen molar-refractivity contribution in [3.8, 4) is 5.75 Å². The lowest BCUT2D eigenvalue weighted by Gasteiger charge is -2.24. The molecule has 1 aliphatic rings. The third kappa shape index (κ3) is 6.36. The molecule has 2 N–H and O–H groups in total. The number of ether oxygens (including phenoxy) is 2. The normalized spacial score (nSPS) is 15.0. The largest absolute Gasteiger partial charge is 0.497 e. The van der Waals surface area contributed by atoms with Gasteiger partial charge in [-0.1, -0.05) is 0 Å². The van der Waals surface area contributed by atoms with Crippen molar-refractivity contribution in [3.05, 3.63) is 54.1 Å². The molecule has 1 saturated heterocycles. The summed E-state index contributed by atoms with van der Waals surface area (Å²) >= 11 is 5.59. The second-order valence-electron chi connectivity index (χ2n) is 7.90. The van der Waals surface area contributed by atoms with Crippen LogP contribution in [0.25, 0.3) is 0 Å². The van der Waals surface area contributed by atoms with Crippen molar-refractivity contribution in [3.63, 3.8) is 0 Å². The molecule has 2 aromatic rings. The summed E-state index contributed by atoms with van der Waals surface area (Å²) in [6.45, 7) is 3.84. The highest BCUT2D eigenvalue weighted by molar-refractivity contribution is 7.80. The molecule has 0 aromatic heterocycles. The molecule has 0 unspecified atom stereocenters. The summed E-state index contributed by atoms with van der Waals surface area (Å²) in [4.78, 5) is 52.5. The van der Waals surface area contributed by atoms with E-state index in [-0.39, 0.29) is 49.0 Å². The summed E-state index contributed by atoms with van der Waals surface area (Å²) in [5.74, 6) is -0.781. The lowest BCUT2D eigenvalue weighted by atomic mass is 10.1. The molecular weight excluding hydrogens is 484 g/mol. The lowest BCUT2D eigenvalue weighted by Crippen LogP contribution is -2.42. The molecule has 1 aliphatic heterocycles. The van der Waals surface area contributed by atoms with Crippen LogP contribution in [0, 0.1) is 0 Å². The van der Waals surface area contributed by atoms with Crippen molar-refractivity contribution in [1.29, 1.82) is 0 Å². The van der Waals surface area contributed by atoms with Gasteiger partial charge in [-0.05, 0) is 67.7 Å². The number of rotatable bonds is 10. The molecule has 1 heterocycles. The van der Waals surface area contributed by atoms with E-state index in [1.54, 1.807) is 67.5 Å². The third-order valence-corrected chi connectivity index (χ3v) is 5.85. The van der Waals surface area contributed by atoms with Gasteiger partial charge in [0.25, 0.3) is 5.91 Å². The van der Waals surface area contributed by atoms with Crippen LogP contribution in [0.5, 0.6) is 5.75 Å². The van der Waals surface area contributed by atoms with E-state index in [9.17, 15) is 19.2 Å². The van der Waals surface area contributed by atoms with Crippen LogP contribution in [0.4, 0.5) is 11.4 Å². The Morgan fingerprint density at radius 2 is 1.72 bits per heavy atom. The molecule has 0 bridgehead atoms. The number of nitrogens with zero attached hydrogens (tertiary/aromatic N) is 2. The van der Waals surface area contributed by atoms with Crippen molar-refractivity contribution in [1.82, 2.24) is 10.2 Å². The lowest BCUT2D eigenvalue weighted by molar-refractivity contribution is -0.124. The summed E-state index contributed by atoms with van der Waals surface area (Å²) in [5.41, 5.74) is 1.36. The first-order valence-electron chi connectivity index (χ1n) is 11.3. The minimum absolute atomic E-state index is 0.150. The predicted octanol–water partition coefficient (Wildman–Crippen LogP) is 2.34. The number of benzene rings is 2. The maximum Gasteiger partial charge on any atom is 0.338 e. The Balaban J connectivity index is 1.79. The summed E-state index contributed by atoms with van der Waals surface area (Å²) in [6, 6.07) is 12.3. The van der Waals surface area contributed by atoms with Crippen LogP contribution >= 0.6 is 12.2 Å². The Morgan fingerprint density at radius 1 is 1.06 bits per heavy atom. The van der Waals surface area contributed by atoms with Crippen LogP contribution in [0.3, 0.4) is 0 Å². The van der Waals surface area contributed by atoms with E-state index in [0.717, 1.165) is 0 Å². The van der Waals surface area contributed by atoms with E-state index < -0.39 is 12.0 Å². The molecule has 0 spiro atoms. The van der Waals surface area contributed by atoms with Gasteiger partial charge < -0.3 is 25.0 Å². The van der Waals surface area contributed by atoms with Gasteiger partial charge in [0.15, 0.2) is 5.11 Å². The van der Waals surface area contributed by atoms with Gasteiger partial charge >= 0.3 is 5.97 Å². The Kier molecular flexibility index (Phi) is 8.96. The van der Waals surface area contributed by atoms with Crippen molar-refractivity contribution < 1.29 is 28.7 Å². The van der Waals surface area contributed by atoms with Crippen LogP contribution < -0.4 is 20.3 Å². The summed E-state index contributed by atoms with van der Waals surface area (Å²) in [7, 11) is 1.55. The van der Waals surface area contributed by atoms with Gasteiger partial charge in [0.05, 0.1) is 31.4 Å². The fourth-order valence-electron chi connectivity index (χ4n) is 3.70. The number of anilines is 2. The first-order valence-corrected chi connectivity index (χ1v) is 11.8. The van der Waals surface area contributed by atoms with Crippen LogP contribution in [0.2, 0.25) is 0 Å². The van der Waals surface area contributed by atoms with Crippen LogP contribution in [-0.4, -0.2) is 66.6 Å². The minimum Gasteiger partial charge on any atom is -0.497 e. The molecule has 3 rings (SSSR count). The SMILES string of the molecule is CCOC(=O)c1ccc(N2C(=O)[C@@H](CC(=O)Nc3ccc(OC)cc3)N(CCNC(C)=O)C2=S)cc1. The molecule has 2 aromatic carbocycles. The van der Waals surface area contributed by atoms with Gasteiger partial charge in [0, 0.05) is 25.7 Å². The second kappa shape index (κ2) is 12.1. The van der Waals surface area contributed by atoms with E-state index in [2.05, 4.69) is 10.6 Å². The molecule has 10 nitrogen and oxygen atoms in total. The zero-order valence-electron chi connectivity index (χ0n) is 20.3. The number of thiocarbonyl (C=S) groups is 1. The van der Waals surface area contributed by atoms with Crippen LogP contribution in [0.1, 0.15) is 30.6 Å². The first kappa shape index (κ1) is 26.6.